The van der Waals surface area contributed by atoms with E-state index in [9.17, 15) is 4.79 Å². The number of rotatable bonds is 6. The highest BCUT2D eigenvalue weighted by atomic mass is 16.5. The molecular formula is C15H22N2O2. The number of amides is 1. The van der Waals surface area contributed by atoms with Gasteiger partial charge in [0.05, 0.1) is 0 Å². The molecule has 0 bridgehead atoms. The van der Waals surface area contributed by atoms with Crippen molar-refractivity contribution in [2.75, 3.05) is 20.7 Å². The molecule has 1 aromatic rings. The molecule has 1 atom stereocenters. The normalized spacial score (nSPS) is 15.9. The zero-order chi connectivity index (χ0) is 13.8. The van der Waals surface area contributed by atoms with E-state index in [2.05, 4.69) is 12.2 Å². The smallest absolute Gasteiger partial charge is 0.260 e. The Labute approximate surface area is 114 Å². The van der Waals surface area contributed by atoms with Crippen molar-refractivity contribution in [1.29, 1.82) is 0 Å². The summed E-state index contributed by atoms with van der Waals surface area (Å²) < 4.78 is 5.52. The second-order valence-electron chi connectivity index (χ2n) is 5.10. The van der Waals surface area contributed by atoms with Crippen molar-refractivity contribution in [3.63, 3.8) is 0 Å². The lowest BCUT2D eigenvalue weighted by Gasteiger charge is -2.16. The van der Waals surface area contributed by atoms with Gasteiger partial charge in [0.15, 0.2) is 6.61 Å². The Morgan fingerprint density at radius 1 is 1.42 bits per heavy atom. The number of nitrogens with one attached hydrogen (secondary N) is 1. The summed E-state index contributed by atoms with van der Waals surface area (Å²) in [5.41, 5.74) is 1.20. The van der Waals surface area contributed by atoms with Crippen LogP contribution in [0, 0.1) is 0 Å². The Hall–Kier alpha value is -1.55. The molecule has 1 N–H and O–H groups in total. The zero-order valence-electron chi connectivity index (χ0n) is 11.8. The summed E-state index contributed by atoms with van der Waals surface area (Å²) in [6.45, 7) is 2.22. The number of likely N-dealkylation sites (N-methyl/N-ethyl adjacent to an activating group) is 1. The molecule has 0 radical (unpaired) electrons. The molecule has 1 aromatic carbocycles. The average molecular weight is 262 g/mol. The van der Waals surface area contributed by atoms with Crippen molar-refractivity contribution in [1.82, 2.24) is 10.2 Å². The number of ether oxygens (including phenoxy) is 1. The van der Waals surface area contributed by atoms with E-state index in [-0.39, 0.29) is 12.5 Å². The summed E-state index contributed by atoms with van der Waals surface area (Å²) in [5.74, 6) is 0.791. The molecule has 4 nitrogen and oxygen atoms in total. The molecule has 0 aliphatic heterocycles. The fourth-order valence-electron chi connectivity index (χ4n) is 1.93. The Balaban J connectivity index is 1.84. The molecule has 1 aliphatic rings. The molecule has 2 rings (SSSR count). The fraction of sp³-hybridized carbons (Fsp3) is 0.533. The summed E-state index contributed by atoms with van der Waals surface area (Å²) in [4.78, 5) is 13.6. The molecule has 0 heterocycles. The first-order valence-electron chi connectivity index (χ1n) is 6.77. The summed E-state index contributed by atoms with van der Waals surface area (Å²) in [5, 5.41) is 3.18. The molecule has 1 amide bonds. The van der Waals surface area contributed by atoms with Crippen molar-refractivity contribution in [3.05, 3.63) is 29.8 Å². The Bertz CT molecular complexity index is 426. The average Bonchev–Trinajstić information content (AvgIpc) is 3.28. The summed E-state index contributed by atoms with van der Waals surface area (Å²) >= 11 is 0. The van der Waals surface area contributed by atoms with Crippen LogP contribution >= 0.6 is 0 Å². The molecule has 1 fully saturated rings. The van der Waals surface area contributed by atoms with Gasteiger partial charge in [-0.05, 0) is 44.5 Å². The number of carbonyl (C=O) groups is 1. The number of nitrogens with zero attached hydrogens (tertiary/aromatic N) is 1. The Morgan fingerprint density at radius 2 is 2.05 bits per heavy atom. The standard InChI is InChI=1S/C15H22N2O2/c1-11(16-2)12-4-8-14(9-5-12)19-10-15(18)17(3)13-6-7-13/h4-5,8-9,11,13,16H,6-7,10H2,1-3H3. The monoisotopic (exact) mass is 262 g/mol. The molecule has 0 saturated heterocycles. The maximum absolute atomic E-state index is 11.8. The van der Waals surface area contributed by atoms with Gasteiger partial charge in [0.1, 0.15) is 5.75 Å². The van der Waals surface area contributed by atoms with Gasteiger partial charge in [-0.15, -0.1) is 0 Å². The van der Waals surface area contributed by atoms with E-state index in [0.717, 1.165) is 18.6 Å². The highest BCUT2D eigenvalue weighted by Gasteiger charge is 2.29. The molecule has 104 valence electrons. The molecule has 1 saturated carbocycles. The van der Waals surface area contributed by atoms with Crippen molar-refractivity contribution in [2.24, 2.45) is 0 Å². The molecule has 19 heavy (non-hydrogen) atoms. The maximum Gasteiger partial charge on any atom is 0.260 e. The highest BCUT2D eigenvalue weighted by molar-refractivity contribution is 5.78. The lowest BCUT2D eigenvalue weighted by atomic mass is 10.1. The van der Waals surface area contributed by atoms with Gasteiger partial charge in [-0.1, -0.05) is 12.1 Å². The van der Waals surface area contributed by atoms with Gasteiger partial charge in [0, 0.05) is 19.1 Å². The van der Waals surface area contributed by atoms with E-state index >= 15 is 0 Å². The lowest BCUT2D eigenvalue weighted by molar-refractivity contribution is -0.132. The van der Waals surface area contributed by atoms with Crippen LogP contribution in [-0.4, -0.2) is 37.6 Å². The predicted octanol–water partition coefficient (Wildman–Crippen LogP) is 1.97. The summed E-state index contributed by atoms with van der Waals surface area (Å²) in [6.07, 6.45) is 2.25. The number of hydrogen-bond acceptors (Lipinski definition) is 3. The summed E-state index contributed by atoms with van der Waals surface area (Å²) in [6, 6.07) is 8.62. The highest BCUT2D eigenvalue weighted by Crippen LogP contribution is 2.25. The van der Waals surface area contributed by atoms with Crippen LogP contribution in [0.4, 0.5) is 0 Å². The molecule has 0 aromatic heterocycles. The van der Waals surface area contributed by atoms with Crippen LogP contribution in [0.2, 0.25) is 0 Å². The zero-order valence-corrected chi connectivity index (χ0v) is 11.8. The Kier molecular flexibility index (Phi) is 4.43. The van der Waals surface area contributed by atoms with Crippen LogP contribution in [0.5, 0.6) is 5.75 Å². The first kappa shape index (κ1) is 13.9. The fourth-order valence-corrected chi connectivity index (χ4v) is 1.93. The van der Waals surface area contributed by atoms with Crippen molar-refractivity contribution >= 4 is 5.91 Å². The minimum absolute atomic E-state index is 0.0511. The van der Waals surface area contributed by atoms with Crippen LogP contribution in [0.15, 0.2) is 24.3 Å². The van der Waals surface area contributed by atoms with Crippen molar-refractivity contribution < 1.29 is 9.53 Å². The van der Waals surface area contributed by atoms with Gasteiger partial charge in [-0.25, -0.2) is 0 Å². The van der Waals surface area contributed by atoms with Crippen molar-refractivity contribution in [3.8, 4) is 5.75 Å². The summed E-state index contributed by atoms with van der Waals surface area (Å²) in [7, 11) is 3.78. The first-order valence-corrected chi connectivity index (χ1v) is 6.77. The van der Waals surface area contributed by atoms with E-state index < -0.39 is 0 Å². The largest absolute Gasteiger partial charge is 0.484 e. The SMILES string of the molecule is CNC(C)c1ccc(OCC(=O)N(C)C2CC2)cc1. The van der Waals surface area contributed by atoms with Crippen LogP contribution in [0.3, 0.4) is 0 Å². The first-order chi connectivity index (χ1) is 9.11. The third-order valence-corrected chi connectivity index (χ3v) is 3.66. The van der Waals surface area contributed by atoms with Crippen LogP contribution < -0.4 is 10.1 Å². The van der Waals surface area contributed by atoms with Crippen LogP contribution in [-0.2, 0) is 4.79 Å². The third-order valence-electron chi connectivity index (χ3n) is 3.66. The Morgan fingerprint density at radius 3 is 2.58 bits per heavy atom. The topological polar surface area (TPSA) is 41.6 Å². The van der Waals surface area contributed by atoms with Crippen molar-refractivity contribution in [2.45, 2.75) is 31.8 Å². The molecular weight excluding hydrogens is 240 g/mol. The molecule has 1 unspecified atom stereocenters. The maximum atomic E-state index is 11.8. The van der Waals surface area contributed by atoms with Gasteiger partial charge in [0.2, 0.25) is 0 Å². The predicted molar refractivity (Wildman–Crippen MR) is 75.2 cm³/mol. The van der Waals surface area contributed by atoms with E-state index in [0.29, 0.717) is 12.1 Å². The van der Waals surface area contributed by atoms with E-state index in [1.54, 1.807) is 4.90 Å². The second-order valence-corrected chi connectivity index (χ2v) is 5.10. The molecule has 0 spiro atoms. The van der Waals surface area contributed by atoms with Gasteiger partial charge in [-0.2, -0.15) is 0 Å². The number of benzene rings is 1. The van der Waals surface area contributed by atoms with Gasteiger partial charge >= 0.3 is 0 Å². The van der Waals surface area contributed by atoms with E-state index in [4.69, 9.17) is 4.74 Å². The quantitative estimate of drug-likeness (QED) is 0.852. The third kappa shape index (κ3) is 3.70. The van der Waals surface area contributed by atoms with E-state index in [1.807, 2.05) is 38.4 Å². The second kappa shape index (κ2) is 6.06. The number of carbonyl (C=O) groups excluding carboxylic acids is 1. The molecule has 1 aliphatic carbocycles. The minimum atomic E-state index is 0.0511. The van der Waals surface area contributed by atoms with Gasteiger partial charge in [0.25, 0.3) is 5.91 Å². The minimum Gasteiger partial charge on any atom is -0.484 e. The molecule has 4 heteroatoms. The lowest BCUT2D eigenvalue weighted by Crippen LogP contribution is -2.33. The van der Waals surface area contributed by atoms with Crippen LogP contribution in [0.1, 0.15) is 31.4 Å². The number of hydrogen-bond donors (Lipinski definition) is 1. The van der Waals surface area contributed by atoms with Gasteiger partial charge < -0.3 is 15.0 Å². The van der Waals surface area contributed by atoms with Crippen LogP contribution in [0.25, 0.3) is 0 Å². The van der Waals surface area contributed by atoms with E-state index in [1.165, 1.54) is 5.56 Å². The van der Waals surface area contributed by atoms with Gasteiger partial charge in [-0.3, -0.25) is 4.79 Å².